The summed E-state index contributed by atoms with van der Waals surface area (Å²) in [4.78, 5) is 44.0. The van der Waals surface area contributed by atoms with E-state index < -0.39 is 11.1 Å². The van der Waals surface area contributed by atoms with Crippen molar-refractivity contribution in [1.29, 1.82) is 0 Å². The minimum absolute atomic E-state index is 0.0447. The molecule has 1 aliphatic rings. The van der Waals surface area contributed by atoms with E-state index in [2.05, 4.69) is 31.2 Å². The SMILES string of the molecule is O=C(C1CCCNC1)N(Cc1cc(Br)cc2[nH]c(=O)c(=O)[nH]c12)c1ccccc1. The van der Waals surface area contributed by atoms with Crippen molar-refractivity contribution in [3.8, 4) is 0 Å². The third kappa shape index (κ3) is 4.18. The standard InChI is InChI=1S/C21H21BrN4O3/c22-15-9-14(18-17(10-15)24-19(27)20(28)25-18)12-26(16-6-2-1-3-7-16)21(29)13-5-4-8-23-11-13/h1-3,6-7,9-10,13,23H,4-5,8,11-12H2,(H,24,27)(H,25,28). The van der Waals surface area contributed by atoms with E-state index in [9.17, 15) is 14.4 Å². The highest BCUT2D eigenvalue weighted by Crippen LogP contribution is 2.26. The molecule has 1 aromatic heterocycles. The summed E-state index contributed by atoms with van der Waals surface area (Å²) in [5.41, 5.74) is 1.15. The van der Waals surface area contributed by atoms with Crippen molar-refractivity contribution >= 4 is 38.6 Å². The number of nitrogens with one attached hydrogen (secondary N) is 3. The van der Waals surface area contributed by atoms with E-state index in [1.807, 2.05) is 36.4 Å². The predicted octanol–water partition coefficient (Wildman–Crippen LogP) is 2.51. The summed E-state index contributed by atoms with van der Waals surface area (Å²) in [5, 5.41) is 3.30. The quantitative estimate of drug-likeness (QED) is 0.525. The number of anilines is 1. The van der Waals surface area contributed by atoms with Gasteiger partial charge >= 0.3 is 11.1 Å². The van der Waals surface area contributed by atoms with Crippen molar-refractivity contribution in [1.82, 2.24) is 15.3 Å². The van der Waals surface area contributed by atoms with E-state index in [0.29, 0.717) is 17.6 Å². The molecule has 2 aromatic carbocycles. The topological polar surface area (TPSA) is 98.1 Å². The number of aromatic nitrogens is 2. The van der Waals surface area contributed by atoms with Gasteiger partial charge in [0, 0.05) is 16.7 Å². The van der Waals surface area contributed by atoms with Gasteiger partial charge < -0.3 is 20.2 Å². The van der Waals surface area contributed by atoms with Gasteiger partial charge in [0.25, 0.3) is 0 Å². The Balaban J connectivity index is 1.78. The number of benzene rings is 2. The number of amides is 1. The first-order valence-electron chi connectivity index (χ1n) is 9.55. The number of rotatable bonds is 4. The van der Waals surface area contributed by atoms with Crippen LogP contribution in [0, 0.1) is 5.92 Å². The number of nitrogens with zero attached hydrogens (tertiary/aromatic N) is 1. The zero-order valence-electron chi connectivity index (χ0n) is 15.7. The predicted molar refractivity (Wildman–Crippen MR) is 116 cm³/mol. The molecule has 1 aliphatic heterocycles. The number of piperidine rings is 1. The summed E-state index contributed by atoms with van der Waals surface area (Å²) in [7, 11) is 0. The average molecular weight is 457 g/mol. The van der Waals surface area contributed by atoms with Crippen molar-refractivity contribution in [2.24, 2.45) is 5.92 Å². The van der Waals surface area contributed by atoms with E-state index in [0.717, 1.165) is 35.1 Å². The smallest absolute Gasteiger partial charge is 0.314 e. The lowest BCUT2D eigenvalue weighted by molar-refractivity contribution is -0.123. The van der Waals surface area contributed by atoms with Gasteiger partial charge in [-0.2, -0.15) is 0 Å². The minimum Gasteiger partial charge on any atom is -0.316 e. The van der Waals surface area contributed by atoms with Crippen LogP contribution in [0.5, 0.6) is 0 Å². The van der Waals surface area contributed by atoms with Gasteiger partial charge in [0.15, 0.2) is 0 Å². The van der Waals surface area contributed by atoms with Crippen LogP contribution < -0.4 is 21.3 Å². The maximum Gasteiger partial charge on any atom is 0.314 e. The third-order valence-electron chi connectivity index (χ3n) is 5.19. The van der Waals surface area contributed by atoms with Crippen LogP contribution in [0.15, 0.2) is 56.5 Å². The van der Waals surface area contributed by atoms with Crippen molar-refractivity contribution in [2.75, 3.05) is 18.0 Å². The lowest BCUT2D eigenvalue weighted by Crippen LogP contribution is -2.43. The summed E-state index contributed by atoms with van der Waals surface area (Å²) < 4.78 is 0.752. The maximum atomic E-state index is 13.4. The van der Waals surface area contributed by atoms with Crippen LogP contribution in [0.1, 0.15) is 18.4 Å². The van der Waals surface area contributed by atoms with Crippen molar-refractivity contribution in [3.63, 3.8) is 0 Å². The second kappa shape index (κ2) is 8.34. The number of hydrogen-bond acceptors (Lipinski definition) is 4. The number of carbonyl (C=O) groups is 1. The van der Waals surface area contributed by atoms with E-state index in [1.54, 1.807) is 11.0 Å². The molecule has 2 heterocycles. The zero-order valence-corrected chi connectivity index (χ0v) is 17.3. The Kier molecular flexibility index (Phi) is 5.64. The Morgan fingerprint density at radius 3 is 2.59 bits per heavy atom. The van der Waals surface area contributed by atoms with E-state index in [-0.39, 0.29) is 18.4 Å². The first-order chi connectivity index (χ1) is 14.0. The van der Waals surface area contributed by atoms with E-state index >= 15 is 0 Å². The molecule has 29 heavy (non-hydrogen) atoms. The van der Waals surface area contributed by atoms with Crippen LogP contribution in [-0.4, -0.2) is 29.0 Å². The Bertz CT molecular complexity index is 1150. The Labute approximate surface area is 175 Å². The molecule has 0 aliphatic carbocycles. The Morgan fingerprint density at radius 1 is 1.10 bits per heavy atom. The highest BCUT2D eigenvalue weighted by molar-refractivity contribution is 9.10. The molecule has 0 radical (unpaired) electrons. The normalized spacial score (nSPS) is 16.7. The van der Waals surface area contributed by atoms with Gasteiger partial charge in [-0.15, -0.1) is 0 Å². The second-order valence-electron chi connectivity index (χ2n) is 7.20. The fourth-order valence-corrected chi connectivity index (χ4v) is 4.25. The molecule has 1 unspecified atom stereocenters. The van der Waals surface area contributed by atoms with E-state index in [4.69, 9.17) is 0 Å². The number of fused-ring (bicyclic) bond motifs is 1. The molecular formula is C21H21BrN4O3. The third-order valence-corrected chi connectivity index (χ3v) is 5.64. The molecular weight excluding hydrogens is 436 g/mol. The molecule has 8 heteroatoms. The van der Waals surface area contributed by atoms with Crippen LogP contribution >= 0.6 is 15.9 Å². The molecule has 1 atom stereocenters. The highest BCUT2D eigenvalue weighted by atomic mass is 79.9. The van der Waals surface area contributed by atoms with Crippen molar-refractivity contribution in [3.05, 3.63) is 73.2 Å². The lowest BCUT2D eigenvalue weighted by atomic mass is 9.97. The number of H-pyrrole nitrogens is 2. The first kappa shape index (κ1) is 19.6. The molecule has 1 saturated heterocycles. The maximum absolute atomic E-state index is 13.4. The molecule has 1 amide bonds. The van der Waals surface area contributed by atoms with Crippen LogP contribution in [0.2, 0.25) is 0 Å². The van der Waals surface area contributed by atoms with Crippen LogP contribution in [-0.2, 0) is 11.3 Å². The minimum atomic E-state index is -0.713. The van der Waals surface area contributed by atoms with Gasteiger partial charge in [0.1, 0.15) is 0 Å². The zero-order chi connectivity index (χ0) is 20.4. The van der Waals surface area contributed by atoms with Gasteiger partial charge in [0.05, 0.1) is 23.5 Å². The van der Waals surface area contributed by atoms with E-state index in [1.165, 1.54) is 0 Å². The Hall–Kier alpha value is -2.71. The highest BCUT2D eigenvalue weighted by Gasteiger charge is 2.27. The number of hydrogen-bond donors (Lipinski definition) is 3. The Morgan fingerprint density at radius 2 is 1.86 bits per heavy atom. The average Bonchev–Trinajstić information content (AvgIpc) is 2.74. The lowest BCUT2D eigenvalue weighted by Gasteiger charge is -2.30. The molecule has 0 spiro atoms. The summed E-state index contributed by atoms with van der Waals surface area (Å²) in [6.07, 6.45) is 1.81. The van der Waals surface area contributed by atoms with Gasteiger partial charge in [-0.3, -0.25) is 14.4 Å². The monoisotopic (exact) mass is 456 g/mol. The molecule has 150 valence electrons. The first-order valence-corrected chi connectivity index (χ1v) is 10.3. The summed E-state index contributed by atoms with van der Waals surface area (Å²) in [6, 6.07) is 13.1. The fourth-order valence-electron chi connectivity index (χ4n) is 3.74. The summed E-state index contributed by atoms with van der Waals surface area (Å²) in [6.45, 7) is 1.86. The largest absolute Gasteiger partial charge is 0.316 e. The van der Waals surface area contributed by atoms with Crippen molar-refractivity contribution in [2.45, 2.75) is 19.4 Å². The van der Waals surface area contributed by atoms with Gasteiger partial charge in [-0.25, -0.2) is 0 Å². The summed E-state index contributed by atoms with van der Waals surface area (Å²) in [5.74, 6) is -0.0514. The van der Waals surface area contributed by atoms with Crippen LogP contribution in [0.25, 0.3) is 11.0 Å². The molecule has 0 bridgehead atoms. The molecule has 3 N–H and O–H groups in total. The van der Waals surface area contributed by atoms with Crippen LogP contribution in [0.4, 0.5) is 5.69 Å². The number of carbonyl (C=O) groups excluding carboxylic acids is 1. The van der Waals surface area contributed by atoms with Crippen LogP contribution in [0.3, 0.4) is 0 Å². The number of halogens is 1. The molecule has 0 saturated carbocycles. The molecule has 1 fully saturated rings. The fraction of sp³-hybridized carbons (Fsp3) is 0.286. The van der Waals surface area contributed by atoms with Gasteiger partial charge in [0.2, 0.25) is 5.91 Å². The molecule has 4 rings (SSSR count). The second-order valence-corrected chi connectivity index (χ2v) is 8.11. The van der Waals surface area contributed by atoms with Gasteiger partial charge in [-0.1, -0.05) is 34.1 Å². The molecule has 3 aromatic rings. The number of para-hydroxylation sites is 1. The number of aromatic amines is 2. The van der Waals surface area contributed by atoms with Crippen molar-refractivity contribution < 1.29 is 4.79 Å². The summed E-state index contributed by atoms with van der Waals surface area (Å²) >= 11 is 3.46. The molecule has 7 nitrogen and oxygen atoms in total. The van der Waals surface area contributed by atoms with Gasteiger partial charge in [-0.05, 0) is 49.2 Å².